The first kappa shape index (κ1) is 24.8. The Bertz CT molecular complexity index is 1240. The van der Waals surface area contributed by atoms with Crippen molar-refractivity contribution < 1.29 is 23.4 Å². The van der Waals surface area contributed by atoms with Crippen molar-refractivity contribution in [3.05, 3.63) is 39.4 Å². The summed E-state index contributed by atoms with van der Waals surface area (Å²) in [7, 11) is 0. The molecule has 5 rings (SSSR count). The number of aromatic nitrogens is 2. The van der Waals surface area contributed by atoms with Gasteiger partial charge < -0.3 is 24.4 Å². The van der Waals surface area contributed by atoms with E-state index in [-0.39, 0.29) is 51.5 Å². The summed E-state index contributed by atoms with van der Waals surface area (Å²) in [6.07, 6.45) is 2.15. The Hall–Kier alpha value is -2.87. The number of carbonyl (C=O) groups is 1. The first-order chi connectivity index (χ1) is 17.2. The second kappa shape index (κ2) is 9.54. The normalized spacial score (nSPS) is 24.0. The van der Waals surface area contributed by atoms with Gasteiger partial charge in [0.25, 0.3) is 5.88 Å². The van der Waals surface area contributed by atoms with E-state index >= 15 is 4.39 Å². The second-order valence-corrected chi connectivity index (χ2v) is 10.5. The van der Waals surface area contributed by atoms with Crippen LogP contribution in [0.15, 0.2) is 12.4 Å². The van der Waals surface area contributed by atoms with E-state index in [9.17, 15) is 10.1 Å². The van der Waals surface area contributed by atoms with Gasteiger partial charge in [0.1, 0.15) is 24.1 Å². The van der Waals surface area contributed by atoms with Crippen molar-refractivity contribution in [2.24, 2.45) is 11.8 Å². The van der Waals surface area contributed by atoms with Crippen LogP contribution in [0.25, 0.3) is 0 Å². The van der Waals surface area contributed by atoms with Crippen molar-refractivity contribution in [3.63, 3.8) is 0 Å². The lowest BCUT2D eigenvalue weighted by atomic mass is 9.84. The van der Waals surface area contributed by atoms with Crippen LogP contribution in [0.5, 0.6) is 5.88 Å². The summed E-state index contributed by atoms with van der Waals surface area (Å²) in [5.74, 6) is -1.62. The minimum absolute atomic E-state index is 0.147. The van der Waals surface area contributed by atoms with Crippen LogP contribution in [0.1, 0.15) is 30.9 Å². The van der Waals surface area contributed by atoms with Gasteiger partial charge in [-0.2, -0.15) is 14.6 Å². The van der Waals surface area contributed by atoms with E-state index in [4.69, 9.17) is 37.4 Å². The molecule has 2 unspecified atom stereocenters. The predicted molar refractivity (Wildman–Crippen MR) is 129 cm³/mol. The average molecular weight is 536 g/mol. The van der Waals surface area contributed by atoms with Gasteiger partial charge in [0.15, 0.2) is 5.82 Å². The Labute approximate surface area is 217 Å². The molecule has 1 aromatic carbocycles. The fraction of sp³-hybridized carbons (Fsp3) is 0.500. The molecule has 2 aliphatic heterocycles. The highest BCUT2D eigenvalue weighted by atomic mass is 35.5. The third-order valence-electron chi connectivity index (χ3n) is 6.88. The Morgan fingerprint density at radius 2 is 1.97 bits per heavy atom. The number of benzene rings is 1. The Kier molecular flexibility index (Phi) is 6.57. The average Bonchev–Trinajstić information content (AvgIpc) is 3.56. The maximum atomic E-state index is 15.5. The van der Waals surface area contributed by atoms with Crippen LogP contribution in [0.3, 0.4) is 0 Å². The molecular formula is C24H24Cl2FN5O4. The van der Waals surface area contributed by atoms with Gasteiger partial charge in [-0.1, -0.05) is 23.2 Å². The van der Waals surface area contributed by atoms with E-state index < -0.39 is 11.9 Å². The summed E-state index contributed by atoms with van der Waals surface area (Å²) in [4.78, 5) is 22.3. The molecule has 2 saturated heterocycles. The van der Waals surface area contributed by atoms with E-state index in [1.165, 1.54) is 12.4 Å². The summed E-state index contributed by atoms with van der Waals surface area (Å²) >= 11 is 12.4. The smallest absolute Gasteiger partial charge is 0.410 e. The lowest BCUT2D eigenvalue weighted by Gasteiger charge is -2.46. The summed E-state index contributed by atoms with van der Waals surface area (Å²) < 4.78 is 32.8. The lowest BCUT2D eigenvalue weighted by Crippen LogP contribution is -2.59. The number of carbonyl (C=O) groups excluding carboxylic acids is 1. The number of rotatable bonds is 5. The highest BCUT2D eigenvalue weighted by Gasteiger charge is 2.47. The molecule has 12 heteroatoms. The van der Waals surface area contributed by atoms with Gasteiger partial charge >= 0.3 is 6.09 Å². The van der Waals surface area contributed by atoms with Crippen molar-refractivity contribution in [2.45, 2.75) is 38.4 Å². The number of nitrogens with one attached hydrogen (secondary N) is 1. The Morgan fingerprint density at radius 1 is 1.28 bits per heavy atom. The van der Waals surface area contributed by atoms with Gasteiger partial charge in [-0.25, -0.2) is 9.78 Å². The van der Waals surface area contributed by atoms with E-state index in [1.54, 1.807) is 11.8 Å². The fourth-order valence-corrected chi connectivity index (χ4v) is 5.05. The van der Waals surface area contributed by atoms with Crippen LogP contribution in [-0.4, -0.2) is 59.0 Å². The minimum Gasteiger partial charge on any atom is -0.471 e. The van der Waals surface area contributed by atoms with Crippen molar-refractivity contribution >= 4 is 40.8 Å². The van der Waals surface area contributed by atoms with Crippen LogP contribution in [0.4, 0.5) is 20.7 Å². The molecule has 1 amide bonds. The molecule has 3 aliphatic rings. The molecule has 1 saturated carbocycles. The number of amides is 1. The van der Waals surface area contributed by atoms with Crippen LogP contribution < -0.4 is 10.1 Å². The van der Waals surface area contributed by atoms with Crippen molar-refractivity contribution in [1.29, 1.82) is 5.26 Å². The molecule has 36 heavy (non-hydrogen) atoms. The fourth-order valence-electron chi connectivity index (χ4n) is 4.54. The number of halogens is 3. The topological polar surface area (TPSA) is 110 Å². The van der Waals surface area contributed by atoms with Crippen molar-refractivity contribution in [3.8, 4) is 11.9 Å². The minimum atomic E-state index is -0.826. The summed E-state index contributed by atoms with van der Waals surface area (Å²) in [5, 5.41) is 12.8. The number of nitriles is 1. The van der Waals surface area contributed by atoms with Crippen LogP contribution in [0, 0.1) is 35.9 Å². The summed E-state index contributed by atoms with van der Waals surface area (Å²) in [5.41, 5.74) is 0.510. The molecule has 1 aromatic heterocycles. The molecule has 2 aromatic rings. The van der Waals surface area contributed by atoms with Gasteiger partial charge in [0.2, 0.25) is 5.82 Å². The van der Waals surface area contributed by atoms with Gasteiger partial charge in [-0.05, 0) is 38.3 Å². The lowest BCUT2D eigenvalue weighted by molar-refractivity contribution is -0.112. The standard InChI is InChI=1S/C24H24Cl2FN5O4/c1-12-15(6-28)19(17(26)5-16(12)25)31-21-18(27)22(30-11-29-21)35-20-13-7-32(8-14(20)10-34-9-13)23(33)36-24(2)3-4-24/h5,11,13-14,20H,3-4,7-10H2,1-2H3,(H,29,30,31). The molecular weight excluding hydrogens is 512 g/mol. The van der Waals surface area contributed by atoms with Gasteiger partial charge in [0, 0.05) is 29.9 Å². The predicted octanol–water partition coefficient (Wildman–Crippen LogP) is 4.86. The molecule has 2 bridgehead atoms. The van der Waals surface area contributed by atoms with Crippen LogP contribution >= 0.6 is 23.2 Å². The van der Waals surface area contributed by atoms with Gasteiger partial charge in [0.05, 0.1) is 29.5 Å². The number of hydrogen-bond donors (Lipinski definition) is 1. The highest BCUT2D eigenvalue weighted by Crippen LogP contribution is 2.40. The zero-order valence-electron chi connectivity index (χ0n) is 19.7. The molecule has 0 radical (unpaired) electrons. The van der Waals surface area contributed by atoms with E-state index in [1.807, 2.05) is 13.0 Å². The Morgan fingerprint density at radius 3 is 2.61 bits per heavy atom. The molecule has 190 valence electrons. The number of hydrogen-bond acceptors (Lipinski definition) is 8. The molecule has 0 spiro atoms. The van der Waals surface area contributed by atoms with Gasteiger partial charge in [-0.3, -0.25) is 0 Å². The van der Waals surface area contributed by atoms with E-state index in [0.29, 0.717) is 36.9 Å². The van der Waals surface area contributed by atoms with Crippen LogP contribution in [0.2, 0.25) is 10.0 Å². The third-order valence-corrected chi connectivity index (χ3v) is 7.58. The molecule has 1 aliphatic carbocycles. The zero-order valence-corrected chi connectivity index (χ0v) is 21.2. The van der Waals surface area contributed by atoms with Gasteiger partial charge in [-0.15, -0.1) is 0 Å². The number of likely N-dealkylation sites (tertiary alicyclic amines) is 1. The second-order valence-electron chi connectivity index (χ2n) is 9.66. The monoisotopic (exact) mass is 535 g/mol. The van der Waals surface area contributed by atoms with E-state index in [2.05, 4.69) is 15.3 Å². The maximum Gasteiger partial charge on any atom is 0.410 e. The Balaban J connectivity index is 1.34. The zero-order chi connectivity index (χ0) is 25.6. The van der Waals surface area contributed by atoms with Crippen molar-refractivity contribution in [1.82, 2.24) is 14.9 Å². The van der Waals surface area contributed by atoms with E-state index in [0.717, 1.165) is 12.8 Å². The van der Waals surface area contributed by atoms with Crippen LogP contribution in [-0.2, 0) is 9.47 Å². The third kappa shape index (κ3) is 4.75. The molecule has 3 fully saturated rings. The number of anilines is 2. The SMILES string of the molecule is Cc1c(Cl)cc(Cl)c(Nc2ncnc(OC3C4COCC3CN(C(=O)OC3(C)CC3)C4)c2F)c1C#N. The maximum absolute atomic E-state index is 15.5. The molecule has 3 heterocycles. The summed E-state index contributed by atoms with van der Waals surface area (Å²) in [6, 6.07) is 3.51. The molecule has 1 N–H and O–H groups in total. The number of nitrogens with zero attached hydrogens (tertiary/aromatic N) is 4. The van der Waals surface area contributed by atoms with Crippen molar-refractivity contribution in [2.75, 3.05) is 31.6 Å². The molecule has 2 atom stereocenters. The summed E-state index contributed by atoms with van der Waals surface area (Å²) in [6.45, 7) is 5.07. The molecule has 9 nitrogen and oxygen atoms in total. The quantitative estimate of drug-likeness (QED) is 0.577. The highest BCUT2D eigenvalue weighted by molar-refractivity contribution is 6.37. The largest absolute Gasteiger partial charge is 0.471 e. The number of ether oxygens (including phenoxy) is 3. The number of piperidine rings is 1. The first-order valence-corrected chi connectivity index (χ1v) is 12.3. The first-order valence-electron chi connectivity index (χ1n) is 11.6. The number of fused-ring (bicyclic) bond motifs is 2.